The van der Waals surface area contributed by atoms with Crippen molar-refractivity contribution < 1.29 is 9.90 Å². The number of allylic oxidation sites excluding steroid dienone is 1. The van der Waals surface area contributed by atoms with Crippen LogP contribution in [0.1, 0.15) is 0 Å². The zero-order valence-corrected chi connectivity index (χ0v) is 5.97. The van der Waals surface area contributed by atoms with Crippen molar-refractivity contribution in [2.75, 3.05) is 0 Å². The number of aromatic nitrogens is 1. The summed E-state index contributed by atoms with van der Waals surface area (Å²) in [7, 11) is 0. The van der Waals surface area contributed by atoms with E-state index in [9.17, 15) is 4.79 Å². The van der Waals surface area contributed by atoms with Gasteiger partial charge in [0.1, 0.15) is 0 Å². The van der Waals surface area contributed by atoms with E-state index in [4.69, 9.17) is 5.11 Å². The van der Waals surface area contributed by atoms with Gasteiger partial charge in [-0.3, -0.25) is 0 Å². The van der Waals surface area contributed by atoms with E-state index in [1.807, 2.05) is 29.1 Å². The molecule has 3 heteroatoms. The molecule has 0 saturated carbocycles. The van der Waals surface area contributed by atoms with Gasteiger partial charge in [0, 0.05) is 25.0 Å². The smallest absolute Gasteiger partial charge is 0.328 e. The molecule has 58 valence electrons. The van der Waals surface area contributed by atoms with Crippen molar-refractivity contribution in [3.8, 4) is 0 Å². The third-order valence-corrected chi connectivity index (χ3v) is 1.24. The molecule has 1 N–H and O–H groups in total. The zero-order chi connectivity index (χ0) is 8.10. The lowest BCUT2D eigenvalue weighted by Crippen LogP contribution is -1.92. The maximum absolute atomic E-state index is 10.0. The van der Waals surface area contributed by atoms with Gasteiger partial charge >= 0.3 is 5.97 Å². The van der Waals surface area contributed by atoms with Crippen LogP contribution in [0.3, 0.4) is 0 Å². The molecule has 0 fully saturated rings. The number of nitrogens with zero attached hydrogens (tertiary/aromatic N) is 1. The van der Waals surface area contributed by atoms with Crippen LogP contribution in [0.4, 0.5) is 0 Å². The summed E-state index contributed by atoms with van der Waals surface area (Å²) in [6.45, 7) is 0.610. The van der Waals surface area contributed by atoms with E-state index in [0.29, 0.717) is 6.54 Å². The second-order valence-corrected chi connectivity index (χ2v) is 2.12. The highest BCUT2D eigenvalue weighted by Gasteiger charge is 1.85. The minimum atomic E-state index is -0.905. The standard InChI is InChI=1S/C8H9NO2/c10-8(11)4-3-7-9-5-1-2-6-9/h1-6H,7H2,(H,10,11). The molecule has 0 aliphatic rings. The number of carboxylic acids is 1. The lowest BCUT2D eigenvalue weighted by atomic mass is 10.5. The largest absolute Gasteiger partial charge is 0.478 e. The van der Waals surface area contributed by atoms with E-state index < -0.39 is 5.97 Å². The van der Waals surface area contributed by atoms with Gasteiger partial charge in [0.05, 0.1) is 0 Å². The molecular formula is C8H9NO2. The number of carboxylic acid groups (broad SMARTS) is 1. The first-order valence-electron chi connectivity index (χ1n) is 3.29. The quantitative estimate of drug-likeness (QED) is 0.658. The molecule has 0 radical (unpaired) electrons. The number of hydrogen-bond acceptors (Lipinski definition) is 1. The van der Waals surface area contributed by atoms with E-state index >= 15 is 0 Å². The minimum Gasteiger partial charge on any atom is -0.478 e. The van der Waals surface area contributed by atoms with Crippen LogP contribution in [0.25, 0.3) is 0 Å². The molecule has 0 saturated heterocycles. The van der Waals surface area contributed by atoms with Crippen LogP contribution in [0.5, 0.6) is 0 Å². The molecule has 0 aromatic carbocycles. The van der Waals surface area contributed by atoms with Gasteiger partial charge in [-0.1, -0.05) is 6.08 Å². The highest BCUT2D eigenvalue weighted by molar-refractivity contribution is 5.79. The Morgan fingerprint density at radius 1 is 1.45 bits per heavy atom. The first-order valence-corrected chi connectivity index (χ1v) is 3.29. The number of aliphatic carboxylic acids is 1. The van der Waals surface area contributed by atoms with E-state index in [2.05, 4.69) is 0 Å². The van der Waals surface area contributed by atoms with Crippen LogP contribution in [0, 0.1) is 0 Å². The van der Waals surface area contributed by atoms with E-state index in [-0.39, 0.29) is 0 Å². The molecule has 0 bridgehead atoms. The summed E-state index contributed by atoms with van der Waals surface area (Å²) in [5, 5.41) is 8.25. The molecule has 0 aliphatic heterocycles. The summed E-state index contributed by atoms with van der Waals surface area (Å²) in [5.74, 6) is -0.905. The fourth-order valence-electron chi connectivity index (χ4n) is 0.767. The van der Waals surface area contributed by atoms with Crippen molar-refractivity contribution in [2.45, 2.75) is 6.54 Å². The third-order valence-electron chi connectivity index (χ3n) is 1.24. The average Bonchev–Trinajstić information content (AvgIpc) is 2.39. The Labute approximate surface area is 64.6 Å². The number of carbonyl (C=O) groups is 1. The predicted octanol–water partition coefficient (Wildman–Crippen LogP) is 1.13. The van der Waals surface area contributed by atoms with Gasteiger partial charge < -0.3 is 9.67 Å². The van der Waals surface area contributed by atoms with Gasteiger partial charge in [-0.2, -0.15) is 0 Å². The second kappa shape index (κ2) is 3.61. The Balaban J connectivity index is 2.40. The Kier molecular flexibility index (Phi) is 2.49. The normalized spacial score (nSPS) is 10.5. The van der Waals surface area contributed by atoms with Crippen LogP contribution in [-0.4, -0.2) is 15.6 Å². The minimum absolute atomic E-state index is 0.610. The SMILES string of the molecule is O=C(O)C=CCn1cccc1. The fourth-order valence-corrected chi connectivity index (χ4v) is 0.767. The van der Waals surface area contributed by atoms with Gasteiger partial charge in [0.25, 0.3) is 0 Å². The molecule has 0 amide bonds. The van der Waals surface area contributed by atoms with Crippen LogP contribution in [0.2, 0.25) is 0 Å². The molecule has 0 unspecified atom stereocenters. The third kappa shape index (κ3) is 2.71. The van der Waals surface area contributed by atoms with Crippen LogP contribution in [0.15, 0.2) is 36.7 Å². The van der Waals surface area contributed by atoms with Crippen LogP contribution in [-0.2, 0) is 11.3 Å². The Morgan fingerprint density at radius 2 is 2.09 bits per heavy atom. The molecule has 3 nitrogen and oxygen atoms in total. The Morgan fingerprint density at radius 3 is 2.64 bits per heavy atom. The van der Waals surface area contributed by atoms with Crippen molar-refractivity contribution in [1.82, 2.24) is 4.57 Å². The van der Waals surface area contributed by atoms with Crippen molar-refractivity contribution >= 4 is 5.97 Å². The fraction of sp³-hybridized carbons (Fsp3) is 0.125. The number of rotatable bonds is 3. The summed E-state index contributed by atoms with van der Waals surface area (Å²) < 4.78 is 1.89. The summed E-state index contributed by atoms with van der Waals surface area (Å²) in [5.41, 5.74) is 0. The average molecular weight is 151 g/mol. The molecule has 0 aliphatic carbocycles. The van der Waals surface area contributed by atoms with E-state index in [1.54, 1.807) is 6.08 Å². The molecule has 11 heavy (non-hydrogen) atoms. The van der Waals surface area contributed by atoms with Crippen molar-refractivity contribution in [3.05, 3.63) is 36.7 Å². The summed E-state index contributed by atoms with van der Waals surface area (Å²) in [6, 6.07) is 3.79. The van der Waals surface area contributed by atoms with Gasteiger partial charge in [0.2, 0.25) is 0 Å². The highest BCUT2D eigenvalue weighted by Crippen LogP contribution is 1.89. The topological polar surface area (TPSA) is 42.2 Å². The first kappa shape index (κ1) is 7.60. The molecule has 0 atom stereocenters. The lowest BCUT2D eigenvalue weighted by Gasteiger charge is -1.93. The molecule has 1 rings (SSSR count). The summed E-state index contributed by atoms with van der Waals surface area (Å²) >= 11 is 0. The Bertz CT molecular complexity index is 249. The van der Waals surface area contributed by atoms with E-state index in [1.165, 1.54) is 0 Å². The van der Waals surface area contributed by atoms with Gasteiger partial charge in [-0.25, -0.2) is 4.79 Å². The van der Waals surface area contributed by atoms with E-state index in [0.717, 1.165) is 6.08 Å². The van der Waals surface area contributed by atoms with Gasteiger partial charge in [-0.15, -0.1) is 0 Å². The molecule has 0 spiro atoms. The lowest BCUT2D eigenvalue weighted by molar-refractivity contribution is -0.131. The first-order chi connectivity index (χ1) is 5.29. The predicted molar refractivity (Wildman–Crippen MR) is 41.2 cm³/mol. The van der Waals surface area contributed by atoms with Gasteiger partial charge in [0.15, 0.2) is 0 Å². The molecule has 1 aromatic rings. The van der Waals surface area contributed by atoms with Crippen molar-refractivity contribution in [2.24, 2.45) is 0 Å². The van der Waals surface area contributed by atoms with Crippen LogP contribution >= 0.6 is 0 Å². The maximum atomic E-state index is 10.0. The summed E-state index contributed by atoms with van der Waals surface area (Å²) in [6.07, 6.45) is 6.50. The number of hydrogen-bond donors (Lipinski definition) is 1. The maximum Gasteiger partial charge on any atom is 0.328 e. The molecular weight excluding hydrogens is 142 g/mol. The monoisotopic (exact) mass is 151 g/mol. The van der Waals surface area contributed by atoms with Crippen molar-refractivity contribution in [3.63, 3.8) is 0 Å². The highest BCUT2D eigenvalue weighted by atomic mass is 16.4. The van der Waals surface area contributed by atoms with Gasteiger partial charge in [-0.05, 0) is 12.1 Å². The summed E-state index contributed by atoms with van der Waals surface area (Å²) in [4.78, 5) is 10.0. The second-order valence-electron chi connectivity index (χ2n) is 2.12. The van der Waals surface area contributed by atoms with Crippen molar-refractivity contribution in [1.29, 1.82) is 0 Å². The van der Waals surface area contributed by atoms with Crippen LogP contribution < -0.4 is 0 Å². The zero-order valence-electron chi connectivity index (χ0n) is 5.97. The Hall–Kier alpha value is -1.51. The molecule has 1 aromatic heterocycles. The molecule has 1 heterocycles.